The molecule has 1 saturated heterocycles. The van der Waals surface area contributed by atoms with Crippen molar-refractivity contribution in [3.05, 3.63) is 0 Å². The Kier molecular flexibility index (Phi) is 3.53. The van der Waals surface area contributed by atoms with Crippen molar-refractivity contribution >= 4 is 18.3 Å². The smallest absolute Gasteiger partial charge is 0.241 e. The Morgan fingerprint density at radius 3 is 2.46 bits per heavy atom. The summed E-state index contributed by atoms with van der Waals surface area (Å²) >= 11 is 0. The van der Waals surface area contributed by atoms with Crippen molar-refractivity contribution in [2.24, 2.45) is 28.9 Å². The Morgan fingerprint density at radius 2 is 1.88 bits per heavy atom. The van der Waals surface area contributed by atoms with Crippen LogP contribution in [-0.4, -0.2) is 39.6 Å². The quantitative estimate of drug-likeness (QED) is 0.790. The second kappa shape index (κ2) is 5.09. The van der Waals surface area contributed by atoms with Crippen LogP contribution in [0.1, 0.15) is 51.4 Å². The first-order valence-corrected chi connectivity index (χ1v) is 9.13. The fourth-order valence-corrected chi connectivity index (χ4v) is 6.96. The highest BCUT2D eigenvalue weighted by molar-refractivity contribution is 5.85. The van der Waals surface area contributed by atoms with Gasteiger partial charge in [0.25, 0.3) is 0 Å². The van der Waals surface area contributed by atoms with E-state index in [2.05, 4.69) is 6.07 Å². The number of nitrogens with zero attached hydrogens (tertiary/aromatic N) is 2. The van der Waals surface area contributed by atoms with Crippen molar-refractivity contribution in [3.63, 3.8) is 0 Å². The molecule has 24 heavy (non-hydrogen) atoms. The molecule has 6 aliphatic rings. The number of hydrogen-bond acceptors (Lipinski definition) is 4. The van der Waals surface area contributed by atoms with E-state index in [1.54, 1.807) is 4.90 Å². The van der Waals surface area contributed by atoms with E-state index in [4.69, 9.17) is 5.73 Å². The molecule has 6 fully saturated rings. The van der Waals surface area contributed by atoms with Gasteiger partial charge < -0.3 is 15.7 Å². The molecule has 6 rings (SSSR count). The molecule has 0 aromatic rings. The molecule has 5 aliphatic carbocycles. The van der Waals surface area contributed by atoms with Crippen LogP contribution >= 0.6 is 12.4 Å². The van der Waals surface area contributed by atoms with Crippen LogP contribution in [-0.2, 0) is 4.79 Å². The molecule has 0 radical (unpaired) electrons. The minimum absolute atomic E-state index is 0. The molecule has 0 aromatic heterocycles. The first-order valence-electron chi connectivity index (χ1n) is 9.13. The van der Waals surface area contributed by atoms with E-state index in [-0.39, 0.29) is 35.8 Å². The van der Waals surface area contributed by atoms with E-state index in [1.807, 2.05) is 0 Å². The fraction of sp³-hybridized carbons (Fsp3) is 0.889. The third kappa shape index (κ3) is 2.16. The van der Waals surface area contributed by atoms with Crippen LogP contribution in [0.25, 0.3) is 0 Å². The zero-order chi connectivity index (χ0) is 16.0. The lowest BCUT2D eigenvalue weighted by Crippen LogP contribution is -2.64. The molecule has 0 aromatic carbocycles. The highest BCUT2D eigenvalue weighted by Gasteiger charge is 2.62. The van der Waals surface area contributed by atoms with Gasteiger partial charge in [-0.1, -0.05) is 0 Å². The van der Waals surface area contributed by atoms with Crippen molar-refractivity contribution in [1.82, 2.24) is 4.90 Å². The molecular formula is C18H26ClN3O2. The summed E-state index contributed by atoms with van der Waals surface area (Å²) in [4.78, 5) is 14.9. The van der Waals surface area contributed by atoms with E-state index >= 15 is 0 Å². The van der Waals surface area contributed by atoms with Crippen LogP contribution in [0.4, 0.5) is 0 Å². The standard InChI is InChI=1S/C18H25N3O2.ClH/c19-8-13-2-12-3-14(12)21(13)16(22)15(20)17-4-10-1-11(5-17)7-18(23,6-10)9-17;/h10-15,23H,1-7,9,20H2;1H/t10-,11?,12+,13+,14-,15-,17?,18?;/m1./s1. The van der Waals surface area contributed by atoms with Crippen molar-refractivity contribution < 1.29 is 9.90 Å². The third-order valence-corrected chi connectivity index (χ3v) is 7.51. The Hall–Kier alpha value is -0.830. The zero-order valence-electron chi connectivity index (χ0n) is 13.9. The van der Waals surface area contributed by atoms with Gasteiger partial charge in [0.15, 0.2) is 0 Å². The molecule has 1 aliphatic heterocycles. The Balaban J connectivity index is 0.00000146. The van der Waals surface area contributed by atoms with E-state index < -0.39 is 11.6 Å². The van der Waals surface area contributed by atoms with Crippen molar-refractivity contribution in [2.75, 3.05) is 0 Å². The van der Waals surface area contributed by atoms with Crippen LogP contribution in [0.5, 0.6) is 0 Å². The SMILES string of the molecule is Cl.N#C[C@@H]1C[C@H]2C[C@H]2N1C(=O)[C@@H](N)C12CC3C[C@@H](CC(O)(C3)C1)C2. The topological polar surface area (TPSA) is 90.4 Å². The molecule has 132 valence electrons. The molecule has 3 N–H and O–H groups in total. The third-order valence-electron chi connectivity index (χ3n) is 7.51. The van der Waals surface area contributed by atoms with Gasteiger partial charge >= 0.3 is 0 Å². The second-order valence-electron chi connectivity index (χ2n) is 9.21. The Morgan fingerprint density at radius 1 is 1.21 bits per heavy atom. The lowest BCUT2D eigenvalue weighted by Gasteiger charge is -2.61. The molecule has 5 saturated carbocycles. The number of carbonyl (C=O) groups is 1. The molecule has 0 spiro atoms. The predicted molar refractivity (Wildman–Crippen MR) is 90.0 cm³/mol. The van der Waals surface area contributed by atoms with E-state index in [9.17, 15) is 15.2 Å². The number of piperidine rings is 1. The minimum atomic E-state index is -0.594. The average molecular weight is 352 g/mol. The number of fused-ring (bicyclic) bond motifs is 1. The lowest BCUT2D eigenvalue weighted by atomic mass is 9.46. The number of amides is 1. The van der Waals surface area contributed by atoms with Gasteiger partial charge in [-0.05, 0) is 74.5 Å². The number of aliphatic hydroxyl groups is 1. The van der Waals surface area contributed by atoms with E-state index in [1.165, 1.54) is 6.42 Å². The fourth-order valence-electron chi connectivity index (χ4n) is 6.96. The number of halogens is 1. The van der Waals surface area contributed by atoms with Crippen LogP contribution in [0, 0.1) is 34.5 Å². The van der Waals surface area contributed by atoms with E-state index in [0.29, 0.717) is 24.2 Å². The molecule has 5 nitrogen and oxygen atoms in total. The predicted octanol–water partition coefficient (Wildman–Crippen LogP) is 1.58. The Bertz CT molecular complexity index is 604. The van der Waals surface area contributed by atoms with Gasteiger partial charge in [-0.3, -0.25) is 4.79 Å². The van der Waals surface area contributed by atoms with Gasteiger partial charge in [0, 0.05) is 6.04 Å². The summed E-state index contributed by atoms with van der Waals surface area (Å²) < 4.78 is 0. The van der Waals surface area contributed by atoms with Crippen molar-refractivity contribution in [2.45, 2.75) is 75.1 Å². The molecule has 1 amide bonds. The maximum atomic E-state index is 13.1. The van der Waals surface area contributed by atoms with Crippen LogP contribution in [0.15, 0.2) is 0 Å². The zero-order valence-corrected chi connectivity index (χ0v) is 14.7. The first-order chi connectivity index (χ1) is 10.9. The maximum absolute atomic E-state index is 13.1. The number of likely N-dealkylation sites (tertiary alicyclic amines) is 1. The van der Waals surface area contributed by atoms with Gasteiger partial charge in [-0.25, -0.2) is 0 Å². The molecule has 1 heterocycles. The molecule has 4 bridgehead atoms. The minimum Gasteiger partial charge on any atom is -0.390 e. The van der Waals surface area contributed by atoms with Gasteiger partial charge in [0.05, 0.1) is 17.7 Å². The van der Waals surface area contributed by atoms with Gasteiger partial charge in [0.2, 0.25) is 5.91 Å². The molecule has 8 atom stereocenters. The largest absolute Gasteiger partial charge is 0.390 e. The van der Waals surface area contributed by atoms with Crippen LogP contribution in [0.3, 0.4) is 0 Å². The van der Waals surface area contributed by atoms with Crippen LogP contribution in [0.2, 0.25) is 0 Å². The van der Waals surface area contributed by atoms with Crippen LogP contribution < -0.4 is 5.73 Å². The molecular weight excluding hydrogens is 326 g/mol. The summed E-state index contributed by atoms with van der Waals surface area (Å²) in [6, 6.07) is 1.72. The van der Waals surface area contributed by atoms with Crippen molar-refractivity contribution in [3.8, 4) is 6.07 Å². The molecule has 3 unspecified atom stereocenters. The summed E-state index contributed by atoms with van der Waals surface area (Å²) in [5, 5.41) is 20.2. The van der Waals surface area contributed by atoms with Gasteiger partial charge in [0.1, 0.15) is 6.04 Å². The number of nitrogens with two attached hydrogens (primary N) is 1. The number of rotatable bonds is 2. The highest BCUT2D eigenvalue weighted by atomic mass is 35.5. The number of nitriles is 1. The summed E-state index contributed by atoms with van der Waals surface area (Å²) in [5.74, 6) is 1.56. The first kappa shape index (κ1) is 16.6. The lowest BCUT2D eigenvalue weighted by molar-refractivity contribution is -0.177. The monoisotopic (exact) mass is 351 g/mol. The second-order valence-corrected chi connectivity index (χ2v) is 9.21. The summed E-state index contributed by atoms with van der Waals surface area (Å²) in [7, 11) is 0. The Labute approximate surface area is 149 Å². The summed E-state index contributed by atoms with van der Waals surface area (Å²) in [6.45, 7) is 0. The van der Waals surface area contributed by atoms with Gasteiger partial charge in [-0.15, -0.1) is 12.4 Å². The maximum Gasteiger partial charge on any atom is 0.241 e. The molecule has 6 heteroatoms. The summed E-state index contributed by atoms with van der Waals surface area (Å²) in [5.41, 5.74) is 5.71. The summed E-state index contributed by atoms with van der Waals surface area (Å²) in [6.07, 6.45) is 7.48. The average Bonchev–Trinajstić information content (AvgIpc) is 3.14. The normalized spacial score (nSPS) is 51.5. The number of carbonyl (C=O) groups excluding carboxylic acids is 1. The van der Waals surface area contributed by atoms with Crippen molar-refractivity contribution in [1.29, 1.82) is 5.26 Å². The highest BCUT2D eigenvalue weighted by Crippen LogP contribution is 2.63. The van der Waals surface area contributed by atoms with E-state index in [0.717, 1.165) is 38.5 Å². The number of hydrogen-bond donors (Lipinski definition) is 2. The van der Waals surface area contributed by atoms with Gasteiger partial charge in [-0.2, -0.15) is 5.26 Å².